The van der Waals surface area contributed by atoms with E-state index in [0.717, 1.165) is 0 Å². The van der Waals surface area contributed by atoms with Gasteiger partial charge in [0, 0.05) is 0 Å². The molecule has 1 aromatic heterocycles. The van der Waals surface area contributed by atoms with E-state index in [4.69, 9.17) is 27.4 Å². The molecule has 0 saturated heterocycles. The van der Waals surface area contributed by atoms with Gasteiger partial charge in [-0.2, -0.15) is 8.42 Å². The lowest BCUT2D eigenvalue weighted by molar-refractivity contribution is 0.486. The van der Waals surface area contributed by atoms with Crippen LogP contribution in [-0.4, -0.2) is 28.6 Å². The molecule has 3 aromatic rings. The molecule has 0 bridgehead atoms. The maximum atomic E-state index is 12.3. The highest BCUT2D eigenvalue weighted by molar-refractivity contribution is 7.87. The molecule has 0 amide bonds. The number of halogens is 2. The number of hydrogen-bond donors (Lipinski definition) is 0. The van der Waals surface area contributed by atoms with Gasteiger partial charge in [-0.15, -0.1) is 5.10 Å². The molecular formula is C13H8Cl2N4O3S. The van der Waals surface area contributed by atoms with E-state index < -0.39 is 10.1 Å². The second kappa shape index (κ2) is 6.15. The molecule has 0 atom stereocenters. The zero-order valence-electron chi connectivity index (χ0n) is 11.3. The smallest absolute Gasteiger partial charge is 0.342 e. The topological polar surface area (TPSA) is 87.0 Å². The number of aromatic nitrogens is 4. The molecule has 10 heteroatoms. The first-order valence-corrected chi connectivity index (χ1v) is 8.36. The molecule has 23 heavy (non-hydrogen) atoms. The molecule has 7 nitrogen and oxygen atoms in total. The summed E-state index contributed by atoms with van der Waals surface area (Å²) in [5.74, 6) is 0.109. The predicted octanol–water partition coefficient (Wildman–Crippen LogP) is 2.74. The summed E-state index contributed by atoms with van der Waals surface area (Å²) in [4.78, 5) is -0.270. The highest BCUT2D eigenvalue weighted by Crippen LogP contribution is 2.31. The first-order valence-electron chi connectivity index (χ1n) is 6.19. The van der Waals surface area contributed by atoms with Crippen molar-refractivity contribution in [2.75, 3.05) is 0 Å². The monoisotopic (exact) mass is 370 g/mol. The Morgan fingerprint density at radius 3 is 2.22 bits per heavy atom. The summed E-state index contributed by atoms with van der Waals surface area (Å²) in [5.41, 5.74) is 0.649. The first-order chi connectivity index (χ1) is 11.0. The summed E-state index contributed by atoms with van der Waals surface area (Å²) < 4.78 is 31.1. The van der Waals surface area contributed by atoms with Gasteiger partial charge in [-0.05, 0) is 46.8 Å². The number of nitrogens with zero attached hydrogens (tertiary/aromatic N) is 4. The third kappa shape index (κ3) is 3.29. The van der Waals surface area contributed by atoms with Gasteiger partial charge in [0.15, 0.2) is 0 Å². The second-order valence-electron chi connectivity index (χ2n) is 4.34. The molecule has 0 N–H and O–H groups in total. The van der Waals surface area contributed by atoms with Crippen LogP contribution in [0.5, 0.6) is 5.75 Å². The fourth-order valence-corrected chi connectivity index (χ4v) is 3.85. The molecule has 1 heterocycles. The Balaban J connectivity index is 1.89. The van der Waals surface area contributed by atoms with Crippen LogP contribution >= 0.6 is 23.2 Å². The Labute approximate surface area is 141 Å². The third-order valence-corrected chi connectivity index (χ3v) is 5.03. The standard InChI is InChI=1S/C13H8Cl2N4O3S/c14-11-2-1-3-12(15)13(11)23(20,21)22-10-6-4-9(5-7-10)19-8-16-17-18-19/h1-8H. The normalized spacial score (nSPS) is 11.4. The van der Waals surface area contributed by atoms with E-state index in [1.807, 2.05) is 0 Å². The van der Waals surface area contributed by atoms with E-state index in [9.17, 15) is 8.42 Å². The highest BCUT2D eigenvalue weighted by atomic mass is 35.5. The van der Waals surface area contributed by atoms with Crippen molar-refractivity contribution < 1.29 is 12.6 Å². The van der Waals surface area contributed by atoms with E-state index in [2.05, 4.69) is 15.5 Å². The molecule has 0 aliphatic rings. The van der Waals surface area contributed by atoms with Gasteiger partial charge < -0.3 is 4.18 Å². The Morgan fingerprint density at radius 1 is 1.00 bits per heavy atom. The average molecular weight is 371 g/mol. The molecule has 0 aliphatic carbocycles. The molecule has 0 fully saturated rings. The van der Waals surface area contributed by atoms with Crippen molar-refractivity contribution in [2.24, 2.45) is 0 Å². The van der Waals surface area contributed by atoms with Gasteiger partial charge in [-0.3, -0.25) is 0 Å². The van der Waals surface area contributed by atoms with Crippen molar-refractivity contribution in [1.82, 2.24) is 20.2 Å². The molecule has 0 radical (unpaired) electrons. The minimum Gasteiger partial charge on any atom is -0.379 e. The SMILES string of the molecule is O=S(=O)(Oc1ccc(-n2cnnn2)cc1)c1c(Cl)cccc1Cl. The third-order valence-electron chi connectivity index (χ3n) is 2.83. The number of rotatable bonds is 4. The summed E-state index contributed by atoms with van der Waals surface area (Å²) in [5, 5.41) is 10.7. The molecule has 0 aliphatic heterocycles. The molecule has 0 unspecified atom stereocenters. The fraction of sp³-hybridized carbons (Fsp3) is 0. The zero-order chi connectivity index (χ0) is 16.4. The molecule has 2 aromatic carbocycles. The van der Waals surface area contributed by atoms with E-state index in [-0.39, 0.29) is 20.7 Å². The van der Waals surface area contributed by atoms with Crippen molar-refractivity contribution in [3.63, 3.8) is 0 Å². The zero-order valence-corrected chi connectivity index (χ0v) is 13.6. The molecule has 118 valence electrons. The van der Waals surface area contributed by atoms with Gasteiger partial charge >= 0.3 is 10.1 Å². The predicted molar refractivity (Wildman–Crippen MR) is 83.4 cm³/mol. The minimum atomic E-state index is -4.15. The largest absolute Gasteiger partial charge is 0.379 e. The first kappa shape index (κ1) is 15.7. The second-order valence-corrected chi connectivity index (χ2v) is 6.63. The summed E-state index contributed by atoms with van der Waals surface area (Å²) >= 11 is 11.8. The van der Waals surface area contributed by atoms with Crippen LogP contribution in [0, 0.1) is 0 Å². The minimum absolute atomic E-state index is 0.0113. The van der Waals surface area contributed by atoms with Gasteiger partial charge in [0.1, 0.15) is 17.0 Å². The lowest BCUT2D eigenvalue weighted by atomic mass is 10.3. The van der Waals surface area contributed by atoms with Crippen molar-refractivity contribution in [2.45, 2.75) is 4.90 Å². The molecule has 3 rings (SSSR count). The van der Waals surface area contributed by atoms with Gasteiger partial charge in [0.2, 0.25) is 0 Å². The van der Waals surface area contributed by atoms with Crippen molar-refractivity contribution in [1.29, 1.82) is 0 Å². The quantitative estimate of drug-likeness (QED) is 0.656. The lowest BCUT2D eigenvalue weighted by Crippen LogP contribution is -2.11. The van der Waals surface area contributed by atoms with E-state index >= 15 is 0 Å². The van der Waals surface area contributed by atoms with Crippen molar-refractivity contribution in [3.8, 4) is 11.4 Å². The van der Waals surface area contributed by atoms with Crippen LogP contribution in [-0.2, 0) is 10.1 Å². The Bertz CT molecular complexity index is 908. The molecule has 0 spiro atoms. The summed E-state index contributed by atoms with van der Waals surface area (Å²) in [6.07, 6.45) is 1.41. The van der Waals surface area contributed by atoms with Gasteiger partial charge in [0.05, 0.1) is 15.7 Å². The lowest BCUT2D eigenvalue weighted by Gasteiger charge is -2.10. The number of benzene rings is 2. The maximum Gasteiger partial charge on any atom is 0.342 e. The van der Waals surface area contributed by atoms with Crippen LogP contribution in [0.2, 0.25) is 10.0 Å². The number of tetrazole rings is 1. The van der Waals surface area contributed by atoms with Crippen LogP contribution in [0.15, 0.2) is 53.7 Å². The van der Waals surface area contributed by atoms with E-state index in [1.165, 1.54) is 35.3 Å². The molecule has 0 saturated carbocycles. The summed E-state index contributed by atoms with van der Waals surface area (Å²) in [6.45, 7) is 0. The Hall–Kier alpha value is -2.16. The van der Waals surface area contributed by atoms with Crippen LogP contribution in [0.25, 0.3) is 5.69 Å². The van der Waals surface area contributed by atoms with E-state index in [1.54, 1.807) is 18.2 Å². The summed E-state index contributed by atoms with van der Waals surface area (Å²) in [7, 11) is -4.15. The van der Waals surface area contributed by atoms with Crippen molar-refractivity contribution >= 4 is 33.3 Å². The van der Waals surface area contributed by atoms with Crippen molar-refractivity contribution in [3.05, 3.63) is 58.8 Å². The van der Waals surface area contributed by atoms with Crippen LogP contribution in [0.3, 0.4) is 0 Å². The van der Waals surface area contributed by atoms with Crippen LogP contribution in [0.1, 0.15) is 0 Å². The number of hydrogen-bond acceptors (Lipinski definition) is 6. The van der Waals surface area contributed by atoms with Gasteiger partial charge in [-0.1, -0.05) is 29.3 Å². The Morgan fingerprint density at radius 2 is 1.65 bits per heavy atom. The average Bonchev–Trinajstić information content (AvgIpc) is 3.01. The van der Waals surface area contributed by atoms with Gasteiger partial charge in [0.25, 0.3) is 0 Å². The molecular weight excluding hydrogens is 363 g/mol. The maximum absolute atomic E-state index is 12.3. The van der Waals surface area contributed by atoms with Crippen LogP contribution in [0.4, 0.5) is 0 Å². The highest BCUT2D eigenvalue weighted by Gasteiger charge is 2.23. The summed E-state index contributed by atoms with van der Waals surface area (Å²) in [6, 6.07) is 10.5. The van der Waals surface area contributed by atoms with E-state index in [0.29, 0.717) is 5.69 Å². The van der Waals surface area contributed by atoms with Crippen LogP contribution < -0.4 is 4.18 Å². The Kier molecular flexibility index (Phi) is 4.20. The fourth-order valence-electron chi connectivity index (χ4n) is 1.82. The van der Waals surface area contributed by atoms with Gasteiger partial charge in [-0.25, -0.2) is 4.68 Å².